The Hall–Kier alpha value is -8.98. The van der Waals surface area contributed by atoms with Crippen molar-refractivity contribution in [3.63, 3.8) is 0 Å². The molecule has 1 spiro atoms. The summed E-state index contributed by atoms with van der Waals surface area (Å²) >= 11 is 0. The van der Waals surface area contributed by atoms with Crippen molar-refractivity contribution in [1.82, 2.24) is 0 Å². The third-order valence-electron chi connectivity index (χ3n) is 15.3. The van der Waals surface area contributed by atoms with Crippen molar-refractivity contribution in [2.24, 2.45) is 0 Å². The van der Waals surface area contributed by atoms with Crippen molar-refractivity contribution in [2.45, 2.75) is 10.8 Å². The highest BCUT2D eigenvalue weighted by molar-refractivity contribution is 5.99. The Labute approximate surface area is 409 Å². The van der Waals surface area contributed by atoms with Crippen LogP contribution in [0.15, 0.2) is 279 Å². The van der Waals surface area contributed by atoms with Gasteiger partial charge in [0, 0.05) is 34.0 Å². The molecule has 1 unspecified atom stereocenters. The van der Waals surface area contributed by atoms with Crippen LogP contribution in [0.3, 0.4) is 0 Å². The predicted octanol–water partition coefficient (Wildman–Crippen LogP) is 17.3. The first kappa shape index (κ1) is 40.1. The Morgan fingerprint density at radius 1 is 0.214 bits per heavy atom. The van der Waals surface area contributed by atoms with Gasteiger partial charge < -0.3 is 9.80 Å². The van der Waals surface area contributed by atoms with E-state index in [1.165, 1.54) is 77.9 Å². The van der Waals surface area contributed by atoms with Crippen LogP contribution in [0.1, 0.15) is 44.5 Å². The summed E-state index contributed by atoms with van der Waals surface area (Å²) < 4.78 is 0. The van der Waals surface area contributed by atoms with Gasteiger partial charge in [0.1, 0.15) is 0 Å². The average Bonchev–Trinajstić information content (AvgIpc) is 4.03. The van der Waals surface area contributed by atoms with E-state index in [9.17, 15) is 0 Å². The zero-order chi connectivity index (χ0) is 46.2. The van der Waals surface area contributed by atoms with Crippen molar-refractivity contribution in [2.75, 3.05) is 9.80 Å². The molecule has 0 fully saturated rings. The van der Waals surface area contributed by atoms with Crippen LogP contribution in [0, 0.1) is 0 Å². The van der Waals surface area contributed by atoms with E-state index in [2.05, 4.69) is 289 Å². The highest BCUT2D eigenvalue weighted by Crippen LogP contribution is 2.65. The summed E-state index contributed by atoms with van der Waals surface area (Å²) in [7, 11) is 0. The highest BCUT2D eigenvalue weighted by Gasteiger charge is 2.53. The Balaban J connectivity index is 1.02. The number of hydrogen-bond acceptors (Lipinski definition) is 2. The molecule has 0 amide bonds. The summed E-state index contributed by atoms with van der Waals surface area (Å²) in [5, 5.41) is 0. The van der Waals surface area contributed by atoms with Gasteiger partial charge in [-0.3, -0.25) is 0 Å². The summed E-state index contributed by atoms with van der Waals surface area (Å²) in [4.78, 5) is 4.91. The monoisotopic (exact) mass is 890 g/mol. The average molecular weight is 891 g/mol. The Bertz CT molecular complexity index is 3690. The van der Waals surface area contributed by atoms with E-state index in [-0.39, 0.29) is 0 Å². The minimum absolute atomic E-state index is 0.547. The van der Waals surface area contributed by atoms with Gasteiger partial charge in [0.05, 0.1) is 16.5 Å². The second kappa shape index (κ2) is 15.8. The van der Waals surface area contributed by atoms with Gasteiger partial charge in [-0.1, -0.05) is 212 Å². The summed E-state index contributed by atoms with van der Waals surface area (Å²) in [6.07, 6.45) is 0. The van der Waals surface area contributed by atoms with Crippen LogP contribution in [-0.2, 0) is 10.8 Å². The van der Waals surface area contributed by atoms with Gasteiger partial charge in [-0.15, -0.1) is 0 Å². The smallest absolute Gasteiger partial charge is 0.0734 e. The number of nitrogens with zero attached hydrogens (tertiary/aromatic N) is 2. The first-order chi connectivity index (χ1) is 34.8. The Morgan fingerprint density at radius 2 is 0.600 bits per heavy atom. The Morgan fingerprint density at radius 3 is 1.16 bits per heavy atom. The fourth-order valence-corrected chi connectivity index (χ4v) is 12.7. The molecule has 328 valence electrons. The lowest BCUT2D eigenvalue weighted by atomic mass is 9.67. The van der Waals surface area contributed by atoms with Crippen LogP contribution in [0.2, 0.25) is 0 Å². The molecule has 0 heterocycles. The van der Waals surface area contributed by atoms with E-state index < -0.39 is 10.8 Å². The molecular formula is C68H46N2. The van der Waals surface area contributed by atoms with E-state index in [1.54, 1.807) is 0 Å². The van der Waals surface area contributed by atoms with Crippen molar-refractivity contribution in [3.05, 3.63) is 324 Å². The fraction of sp³-hybridized carbons (Fsp3) is 0.0294. The minimum atomic E-state index is -0.589. The molecule has 70 heavy (non-hydrogen) atoms. The van der Waals surface area contributed by atoms with E-state index in [0.717, 1.165) is 34.1 Å². The van der Waals surface area contributed by atoms with Gasteiger partial charge in [0.15, 0.2) is 0 Å². The molecule has 3 aliphatic rings. The number of anilines is 6. The second-order valence-electron chi connectivity index (χ2n) is 18.7. The minimum Gasteiger partial charge on any atom is -0.310 e. The SMILES string of the molecule is c1ccc(N(c2ccccc2)c2ccc3c(c2)C2(c4ccccc4-c4cc(N(c5ccccc5)c5cccc6c5C(c5ccccc5)(c5ccccc5)c5ccccc5-6)ccc42)c2ccccc2-3)cc1. The van der Waals surface area contributed by atoms with Crippen molar-refractivity contribution in [3.8, 4) is 33.4 Å². The molecule has 1 atom stereocenters. The summed E-state index contributed by atoms with van der Waals surface area (Å²) in [6.45, 7) is 0. The van der Waals surface area contributed by atoms with Gasteiger partial charge in [-0.25, -0.2) is 0 Å². The maximum absolute atomic E-state index is 2.52. The molecule has 0 saturated carbocycles. The Kier molecular flexibility index (Phi) is 9.06. The maximum atomic E-state index is 2.52. The van der Waals surface area contributed by atoms with Crippen LogP contribution >= 0.6 is 0 Å². The van der Waals surface area contributed by atoms with Crippen LogP contribution in [0.5, 0.6) is 0 Å². The molecule has 0 saturated heterocycles. The molecule has 3 aliphatic carbocycles. The third kappa shape index (κ3) is 5.62. The lowest BCUT2D eigenvalue weighted by molar-refractivity contribution is 0.768. The second-order valence-corrected chi connectivity index (χ2v) is 18.7. The quantitative estimate of drug-likeness (QED) is 0.150. The van der Waals surface area contributed by atoms with Crippen LogP contribution in [-0.4, -0.2) is 0 Å². The number of hydrogen-bond donors (Lipinski definition) is 0. The first-order valence-electron chi connectivity index (χ1n) is 24.3. The predicted molar refractivity (Wildman–Crippen MR) is 289 cm³/mol. The molecule has 0 N–H and O–H groups in total. The van der Waals surface area contributed by atoms with Gasteiger partial charge in [-0.2, -0.15) is 0 Å². The molecule has 11 aromatic carbocycles. The topological polar surface area (TPSA) is 6.48 Å². The van der Waals surface area contributed by atoms with Crippen molar-refractivity contribution in [1.29, 1.82) is 0 Å². The van der Waals surface area contributed by atoms with Gasteiger partial charge >= 0.3 is 0 Å². The summed E-state index contributed by atoms with van der Waals surface area (Å²) in [5.74, 6) is 0. The normalized spacial score (nSPS) is 15.0. The molecule has 0 bridgehead atoms. The zero-order valence-corrected chi connectivity index (χ0v) is 38.5. The van der Waals surface area contributed by atoms with Crippen molar-refractivity contribution < 1.29 is 0 Å². The van der Waals surface area contributed by atoms with Crippen molar-refractivity contribution >= 4 is 34.1 Å². The molecule has 0 aromatic heterocycles. The molecule has 2 nitrogen and oxygen atoms in total. The van der Waals surface area contributed by atoms with E-state index >= 15 is 0 Å². The zero-order valence-electron chi connectivity index (χ0n) is 38.5. The molecule has 14 rings (SSSR count). The molecule has 0 aliphatic heterocycles. The fourth-order valence-electron chi connectivity index (χ4n) is 12.7. The largest absolute Gasteiger partial charge is 0.310 e. The summed E-state index contributed by atoms with van der Waals surface area (Å²) in [5.41, 5.74) is 23.5. The molecule has 0 radical (unpaired) electrons. The van der Waals surface area contributed by atoms with Gasteiger partial charge in [0.2, 0.25) is 0 Å². The molecule has 2 heteroatoms. The van der Waals surface area contributed by atoms with E-state index in [0.29, 0.717) is 0 Å². The highest BCUT2D eigenvalue weighted by atomic mass is 15.2. The third-order valence-corrected chi connectivity index (χ3v) is 15.3. The van der Waals surface area contributed by atoms with Crippen LogP contribution < -0.4 is 9.80 Å². The standard InChI is InChI=1S/C68H46N2/c1-6-23-47(24-7-1)67(48-25-8-2-9-26-48)60-37-19-17-34-55(60)58-36-22-40-65(66(58)67)70(51-31-14-5-15-32-51)52-42-44-63-59(45-52)56-35-18-21-39-62(56)68(63)61-38-20-16-33-54(61)57-43-41-53(46-64(57)68)69(49-27-10-3-11-28-49)50-29-12-4-13-30-50/h1-46H. The lowest BCUT2D eigenvalue weighted by Crippen LogP contribution is -2.30. The van der Waals surface area contributed by atoms with Crippen LogP contribution in [0.25, 0.3) is 33.4 Å². The van der Waals surface area contributed by atoms with Gasteiger partial charge in [-0.05, 0) is 139 Å². The number of benzene rings is 11. The van der Waals surface area contributed by atoms with Gasteiger partial charge in [0.25, 0.3) is 0 Å². The number of rotatable bonds is 8. The molecular weight excluding hydrogens is 845 g/mol. The maximum Gasteiger partial charge on any atom is 0.0734 e. The first-order valence-corrected chi connectivity index (χ1v) is 24.3. The van der Waals surface area contributed by atoms with Crippen LogP contribution in [0.4, 0.5) is 34.1 Å². The lowest BCUT2D eigenvalue weighted by Gasteiger charge is -2.38. The molecule has 11 aromatic rings. The number of fused-ring (bicyclic) bond motifs is 13. The number of para-hydroxylation sites is 3. The summed E-state index contributed by atoms with van der Waals surface area (Å²) in [6, 6.07) is 103. The van der Waals surface area contributed by atoms with E-state index in [4.69, 9.17) is 0 Å². The van der Waals surface area contributed by atoms with E-state index in [1.807, 2.05) is 0 Å².